The van der Waals surface area contributed by atoms with Crippen LogP contribution in [0.25, 0.3) is 0 Å². The summed E-state index contributed by atoms with van der Waals surface area (Å²) >= 11 is 0. The first-order chi connectivity index (χ1) is 4.10. The summed E-state index contributed by atoms with van der Waals surface area (Å²) in [4.78, 5) is 0. The molecule has 2 atom stereocenters. The van der Waals surface area contributed by atoms with Crippen molar-refractivity contribution < 1.29 is 8.42 Å². The van der Waals surface area contributed by atoms with Crippen molar-refractivity contribution >= 4 is 22.2 Å². The third-order valence-electron chi connectivity index (χ3n) is 2.29. The number of fused-ring (bicyclic) bond motifs is 1. The van der Waals surface area contributed by atoms with Crippen molar-refractivity contribution in [2.24, 2.45) is 17.6 Å². The second-order valence-electron chi connectivity index (χ2n) is 2.98. The minimum Gasteiger partial charge on any atom is -0.327 e. The molecule has 0 amide bonds. The zero-order valence-corrected chi connectivity index (χ0v) is 6.99. The van der Waals surface area contributed by atoms with E-state index in [2.05, 4.69) is 0 Å². The van der Waals surface area contributed by atoms with Crippen molar-refractivity contribution in [3.8, 4) is 0 Å². The van der Waals surface area contributed by atoms with E-state index in [1.807, 2.05) is 0 Å². The van der Waals surface area contributed by atoms with Gasteiger partial charge in [-0.25, -0.2) is 8.42 Å². The Labute approximate surface area is 66.3 Å². The molecule has 3 nitrogen and oxygen atoms in total. The minimum atomic E-state index is -2.66. The van der Waals surface area contributed by atoms with E-state index < -0.39 is 9.84 Å². The predicted octanol–water partition coefficient (Wildman–Crippen LogP) is -0.590. The Hall–Kier alpha value is 0.200. The van der Waals surface area contributed by atoms with E-state index >= 15 is 0 Å². The first-order valence-electron chi connectivity index (χ1n) is 3.06. The van der Waals surface area contributed by atoms with Crippen LogP contribution in [0, 0.1) is 11.8 Å². The third kappa shape index (κ3) is 1.04. The Balaban J connectivity index is 0.000000500. The van der Waals surface area contributed by atoms with Crippen molar-refractivity contribution in [1.82, 2.24) is 0 Å². The molecule has 1 heterocycles. The van der Waals surface area contributed by atoms with Crippen LogP contribution in [0.2, 0.25) is 0 Å². The molecule has 2 aliphatic rings. The smallest absolute Gasteiger partial charge is 0.151 e. The Kier molecular flexibility index (Phi) is 1.74. The van der Waals surface area contributed by atoms with E-state index in [1.165, 1.54) is 0 Å². The maximum absolute atomic E-state index is 10.8. The van der Waals surface area contributed by atoms with Crippen LogP contribution in [-0.2, 0) is 9.84 Å². The molecule has 0 spiro atoms. The lowest BCUT2D eigenvalue weighted by atomic mass is 10.4. The number of sulfone groups is 1. The molecule has 60 valence electrons. The molecule has 1 saturated heterocycles. The number of nitrogens with two attached hydrogens (primary N) is 1. The SMILES string of the molecule is Cl.NC1C2CS(=O)(=O)CC12. The molecule has 0 aromatic rings. The van der Waals surface area contributed by atoms with Crippen LogP contribution in [-0.4, -0.2) is 26.0 Å². The van der Waals surface area contributed by atoms with Gasteiger partial charge in [0.2, 0.25) is 0 Å². The fourth-order valence-corrected chi connectivity index (χ4v) is 3.85. The van der Waals surface area contributed by atoms with Crippen LogP contribution < -0.4 is 5.73 Å². The first kappa shape index (κ1) is 8.30. The summed E-state index contributed by atoms with van der Waals surface area (Å²) in [5.41, 5.74) is 5.53. The molecule has 10 heavy (non-hydrogen) atoms. The second kappa shape index (κ2) is 2.09. The Bertz CT molecular complexity index is 220. The molecular formula is C5H10ClNO2S. The molecule has 1 aliphatic carbocycles. The molecule has 2 N–H and O–H groups in total. The Morgan fingerprint density at radius 2 is 1.60 bits per heavy atom. The Morgan fingerprint density at radius 3 is 1.90 bits per heavy atom. The van der Waals surface area contributed by atoms with Crippen LogP contribution in [0.4, 0.5) is 0 Å². The van der Waals surface area contributed by atoms with Gasteiger partial charge in [-0.1, -0.05) is 0 Å². The monoisotopic (exact) mass is 183 g/mol. The highest BCUT2D eigenvalue weighted by Crippen LogP contribution is 2.44. The Morgan fingerprint density at radius 1 is 1.20 bits per heavy atom. The molecule has 2 fully saturated rings. The van der Waals surface area contributed by atoms with Gasteiger partial charge in [-0.2, -0.15) is 0 Å². The van der Waals surface area contributed by atoms with E-state index in [0.717, 1.165) is 0 Å². The van der Waals surface area contributed by atoms with Crippen LogP contribution in [0.3, 0.4) is 0 Å². The molecular weight excluding hydrogens is 174 g/mol. The van der Waals surface area contributed by atoms with Crippen molar-refractivity contribution in [3.05, 3.63) is 0 Å². The van der Waals surface area contributed by atoms with Crippen molar-refractivity contribution in [1.29, 1.82) is 0 Å². The van der Waals surface area contributed by atoms with Gasteiger partial charge < -0.3 is 5.73 Å². The van der Waals surface area contributed by atoms with Gasteiger partial charge in [0.15, 0.2) is 9.84 Å². The van der Waals surface area contributed by atoms with Gasteiger partial charge in [-0.15, -0.1) is 12.4 Å². The van der Waals surface area contributed by atoms with Gasteiger partial charge in [-0.3, -0.25) is 0 Å². The molecule has 0 aromatic heterocycles. The highest BCUT2D eigenvalue weighted by atomic mass is 35.5. The van der Waals surface area contributed by atoms with E-state index in [-0.39, 0.29) is 18.4 Å². The van der Waals surface area contributed by atoms with Gasteiger partial charge in [0.05, 0.1) is 11.5 Å². The highest BCUT2D eigenvalue weighted by Gasteiger charge is 2.56. The standard InChI is InChI=1S/C5H9NO2S.ClH/c6-5-3-1-9(7,8)2-4(3)5;/h3-5H,1-2,6H2;1H. The number of rotatable bonds is 0. The normalized spacial score (nSPS) is 47.5. The lowest BCUT2D eigenvalue weighted by Gasteiger charge is -1.95. The summed E-state index contributed by atoms with van der Waals surface area (Å²) in [7, 11) is -2.66. The molecule has 0 aromatic carbocycles. The predicted molar refractivity (Wildman–Crippen MR) is 40.9 cm³/mol. The number of halogens is 1. The molecule has 5 heteroatoms. The van der Waals surface area contributed by atoms with Crippen LogP contribution >= 0.6 is 12.4 Å². The van der Waals surface area contributed by atoms with Gasteiger partial charge in [0.25, 0.3) is 0 Å². The summed E-state index contributed by atoms with van der Waals surface area (Å²) in [5.74, 6) is 1.32. The number of hydrogen-bond donors (Lipinski definition) is 1. The largest absolute Gasteiger partial charge is 0.327 e. The van der Waals surface area contributed by atoms with Gasteiger partial charge in [0, 0.05) is 6.04 Å². The zero-order valence-electron chi connectivity index (χ0n) is 5.36. The van der Waals surface area contributed by atoms with Gasteiger partial charge >= 0.3 is 0 Å². The summed E-state index contributed by atoms with van der Waals surface area (Å²) in [6.07, 6.45) is 0. The number of hydrogen-bond acceptors (Lipinski definition) is 3. The fourth-order valence-electron chi connectivity index (χ4n) is 1.60. The minimum absolute atomic E-state index is 0. The molecule has 0 bridgehead atoms. The molecule has 2 rings (SSSR count). The second-order valence-corrected chi connectivity index (χ2v) is 5.14. The van der Waals surface area contributed by atoms with Crippen molar-refractivity contribution in [2.75, 3.05) is 11.5 Å². The van der Waals surface area contributed by atoms with E-state index in [0.29, 0.717) is 23.3 Å². The highest BCUT2D eigenvalue weighted by molar-refractivity contribution is 7.91. The van der Waals surface area contributed by atoms with Gasteiger partial charge in [-0.05, 0) is 11.8 Å². The topological polar surface area (TPSA) is 60.2 Å². The van der Waals surface area contributed by atoms with E-state index in [4.69, 9.17) is 5.73 Å². The fraction of sp³-hybridized carbons (Fsp3) is 1.00. The van der Waals surface area contributed by atoms with Crippen molar-refractivity contribution in [3.63, 3.8) is 0 Å². The molecule has 1 aliphatic heterocycles. The van der Waals surface area contributed by atoms with Crippen molar-refractivity contribution in [2.45, 2.75) is 6.04 Å². The van der Waals surface area contributed by atoms with Crippen LogP contribution in [0.15, 0.2) is 0 Å². The summed E-state index contributed by atoms with van der Waals surface area (Å²) < 4.78 is 21.5. The lowest BCUT2D eigenvalue weighted by molar-refractivity contribution is 0.595. The maximum atomic E-state index is 10.8. The summed E-state index contributed by atoms with van der Waals surface area (Å²) in [6, 6.07) is 0.202. The third-order valence-corrected chi connectivity index (χ3v) is 4.08. The van der Waals surface area contributed by atoms with Crippen LogP contribution in [0.5, 0.6) is 0 Å². The lowest BCUT2D eigenvalue weighted by Crippen LogP contribution is -2.17. The summed E-state index contributed by atoms with van der Waals surface area (Å²) in [5, 5.41) is 0. The summed E-state index contributed by atoms with van der Waals surface area (Å²) in [6.45, 7) is 0. The quantitative estimate of drug-likeness (QED) is 0.546. The molecule has 2 unspecified atom stereocenters. The molecule has 0 radical (unpaired) electrons. The molecule has 1 saturated carbocycles. The van der Waals surface area contributed by atoms with Gasteiger partial charge in [0.1, 0.15) is 0 Å². The van der Waals surface area contributed by atoms with E-state index in [1.54, 1.807) is 0 Å². The maximum Gasteiger partial charge on any atom is 0.151 e. The average Bonchev–Trinajstić information content (AvgIpc) is 2.26. The van der Waals surface area contributed by atoms with E-state index in [9.17, 15) is 8.42 Å². The first-order valence-corrected chi connectivity index (χ1v) is 4.88. The average molecular weight is 184 g/mol. The zero-order chi connectivity index (χ0) is 6.65. The van der Waals surface area contributed by atoms with Crippen LogP contribution in [0.1, 0.15) is 0 Å².